The van der Waals surface area contributed by atoms with Crippen LogP contribution < -0.4 is 5.32 Å². The second-order valence-electron chi connectivity index (χ2n) is 6.48. The highest BCUT2D eigenvalue weighted by Gasteiger charge is 2.32. The van der Waals surface area contributed by atoms with Crippen LogP contribution in [0.3, 0.4) is 0 Å². The normalized spacial score (nSPS) is 13.0. The number of rotatable bonds is 10. The lowest BCUT2D eigenvalue weighted by Gasteiger charge is -2.27. The van der Waals surface area contributed by atoms with E-state index in [9.17, 15) is 14.7 Å². The lowest BCUT2D eigenvalue weighted by molar-refractivity contribution is -0.137. The van der Waals surface area contributed by atoms with Crippen molar-refractivity contribution in [1.29, 1.82) is 0 Å². The fourth-order valence-corrected chi connectivity index (χ4v) is 2.03. The highest BCUT2D eigenvalue weighted by molar-refractivity contribution is 5.89. The molecule has 0 unspecified atom stereocenters. The Morgan fingerprint density at radius 1 is 1.25 bits per heavy atom. The van der Waals surface area contributed by atoms with E-state index < -0.39 is 17.4 Å². The molecule has 132 valence electrons. The zero-order valence-corrected chi connectivity index (χ0v) is 14.4. The Labute approximate surface area is 143 Å². The van der Waals surface area contributed by atoms with E-state index in [1.165, 1.54) is 6.08 Å². The highest BCUT2D eigenvalue weighted by atomic mass is 16.3. The number of aryl methyl sites for hydroxylation is 1. The summed E-state index contributed by atoms with van der Waals surface area (Å²) in [6, 6.07) is 9.82. The number of carbonyl (C=O) groups excluding carboxylic acids is 2. The first kappa shape index (κ1) is 20.1. The van der Waals surface area contributed by atoms with Crippen LogP contribution in [0.2, 0.25) is 0 Å². The van der Waals surface area contributed by atoms with Crippen LogP contribution in [0.25, 0.3) is 0 Å². The number of hydrogen-bond acceptors (Lipinski definition) is 4. The standard InChI is InChI=1S/C19H27NO4/c1-19(2,14-21)17(23)18(24)20-13-7-6-10-16(22)12-11-15-8-4-3-5-9-15/h3-6,8-10,17,21,23H,7,11-14H2,1-2H3,(H,20,24)/b10-6+/t17-/m0/s1. The molecule has 3 N–H and O–H groups in total. The van der Waals surface area contributed by atoms with Gasteiger partial charge in [0.15, 0.2) is 5.78 Å². The number of nitrogens with one attached hydrogen (secondary N) is 1. The van der Waals surface area contributed by atoms with Gasteiger partial charge in [-0.25, -0.2) is 0 Å². The molecule has 0 fully saturated rings. The Hall–Kier alpha value is -1.98. The monoisotopic (exact) mass is 333 g/mol. The first-order valence-electron chi connectivity index (χ1n) is 8.17. The number of ketones is 1. The molecule has 1 aromatic carbocycles. The van der Waals surface area contributed by atoms with Crippen LogP contribution in [0.1, 0.15) is 32.3 Å². The fraction of sp³-hybridized carbons (Fsp3) is 0.474. The van der Waals surface area contributed by atoms with Crippen molar-refractivity contribution in [1.82, 2.24) is 5.32 Å². The summed E-state index contributed by atoms with van der Waals surface area (Å²) in [6.45, 7) is 3.28. The zero-order valence-electron chi connectivity index (χ0n) is 14.4. The van der Waals surface area contributed by atoms with Crippen LogP contribution in [-0.4, -0.2) is 41.2 Å². The van der Waals surface area contributed by atoms with E-state index in [-0.39, 0.29) is 12.4 Å². The third-order valence-electron chi connectivity index (χ3n) is 3.81. The van der Waals surface area contributed by atoms with Gasteiger partial charge in [-0.2, -0.15) is 0 Å². The lowest BCUT2D eigenvalue weighted by Crippen LogP contribution is -2.45. The van der Waals surface area contributed by atoms with Crippen LogP contribution in [0.5, 0.6) is 0 Å². The van der Waals surface area contributed by atoms with E-state index in [0.29, 0.717) is 25.8 Å². The maximum atomic E-state index is 11.8. The van der Waals surface area contributed by atoms with Gasteiger partial charge in [-0.15, -0.1) is 0 Å². The number of aliphatic hydroxyl groups excluding tert-OH is 2. The molecule has 0 saturated carbocycles. The van der Waals surface area contributed by atoms with Gasteiger partial charge in [-0.3, -0.25) is 9.59 Å². The number of allylic oxidation sites excluding steroid dienone is 1. The molecular formula is C19H27NO4. The van der Waals surface area contributed by atoms with Gasteiger partial charge in [0.05, 0.1) is 6.61 Å². The minimum absolute atomic E-state index is 0.0478. The zero-order chi connectivity index (χ0) is 18.0. The van der Waals surface area contributed by atoms with Crippen molar-refractivity contribution in [3.05, 3.63) is 48.0 Å². The predicted molar refractivity (Wildman–Crippen MR) is 93.4 cm³/mol. The van der Waals surface area contributed by atoms with Gasteiger partial charge < -0.3 is 15.5 Å². The molecule has 0 bridgehead atoms. The molecule has 0 aromatic heterocycles. The second kappa shape index (κ2) is 10.0. The van der Waals surface area contributed by atoms with Crippen molar-refractivity contribution >= 4 is 11.7 Å². The van der Waals surface area contributed by atoms with Crippen LogP contribution in [0, 0.1) is 5.41 Å². The predicted octanol–water partition coefficient (Wildman–Crippen LogP) is 1.63. The van der Waals surface area contributed by atoms with E-state index in [2.05, 4.69) is 5.32 Å². The van der Waals surface area contributed by atoms with Gasteiger partial charge in [0.25, 0.3) is 0 Å². The molecule has 1 atom stereocenters. The summed E-state index contributed by atoms with van der Waals surface area (Å²) in [4.78, 5) is 23.5. The van der Waals surface area contributed by atoms with Crippen molar-refractivity contribution in [3.63, 3.8) is 0 Å². The van der Waals surface area contributed by atoms with E-state index >= 15 is 0 Å². The van der Waals surface area contributed by atoms with Gasteiger partial charge in [0.2, 0.25) is 5.91 Å². The minimum Gasteiger partial charge on any atom is -0.396 e. The number of amides is 1. The summed E-state index contributed by atoms with van der Waals surface area (Å²) in [5.74, 6) is -0.468. The van der Waals surface area contributed by atoms with Crippen LogP contribution >= 0.6 is 0 Å². The largest absolute Gasteiger partial charge is 0.396 e. The molecule has 1 rings (SSSR count). The molecule has 0 spiro atoms. The summed E-state index contributed by atoms with van der Waals surface area (Å²) >= 11 is 0. The Kier molecular flexibility index (Phi) is 8.36. The van der Waals surface area contributed by atoms with Gasteiger partial charge in [-0.05, 0) is 24.5 Å². The van der Waals surface area contributed by atoms with Crippen LogP contribution in [0.15, 0.2) is 42.5 Å². The Balaban J connectivity index is 2.23. The summed E-state index contributed by atoms with van der Waals surface area (Å²) in [7, 11) is 0. The smallest absolute Gasteiger partial charge is 0.249 e. The molecule has 0 radical (unpaired) electrons. The molecule has 0 aliphatic carbocycles. The molecule has 1 amide bonds. The van der Waals surface area contributed by atoms with Crippen molar-refractivity contribution in [2.75, 3.05) is 13.2 Å². The third kappa shape index (κ3) is 7.06. The quantitative estimate of drug-likeness (QED) is 0.449. The van der Waals surface area contributed by atoms with Crippen molar-refractivity contribution in [2.45, 2.75) is 39.2 Å². The molecule has 5 nitrogen and oxygen atoms in total. The summed E-state index contributed by atoms with van der Waals surface area (Å²) in [5, 5.41) is 21.5. The Morgan fingerprint density at radius 3 is 2.54 bits per heavy atom. The molecule has 0 saturated heterocycles. The topological polar surface area (TPSA) is 86.6 Å². The molecule has 24 heavy (non-hydrogen) atoms. The van der Waals surface area contributed by atoms with Crippen LogP contribution in [-0.2, 0) is 16.0 Å². The Morgan fingerprint density at radius 2 is 1.92 bits per heavy atom. The Bertz CT molecular complexity index is 552. The first-order valence-corrected chi connectivity index (χ1v) is 8.17. The maximum absolute atomic E-state index is 11.8. The van der Waals surface area contributed by atoms with E-state index in [1.54, 1.807) is 19.9 Å². The van der Waals surface area contributed by atoms with Gasteiger partial charge >= 0.3 is 0 Å². The van der Waals surface area contributed by atoms with Gasteiger partial charge in [-0.1, -0.05) is 50.3 Å². The van der Waals surface area contributed by atoms with Crippen molar-refractivity contribution < 1.29 is 19.8 Å². The fourth-order valence-electron chi connectivity index (χ4n) is 2.03. The average Bonchev–Trinajstić information content (AvgIpc) is 2.59. The van der Waals surface area contributed by atoms with Crippen molar-refractivity contribution in [2.24, 2.45) is 5.41 Å². The number of hydrogen-bond donors (Lipinski definition) is 3. The van der Waals surface area contributed by atoms with E-state index in [4.69, 9.17) is 5.11 Å². The molecule has 5 heteroatoms. The minimum atomic E-state index is -1.26. The van der Waals surface area contributed by atoms with E-state index in [1.807, 2.05) is 30.3 Å². The molecule has 0 aliphatic heterocycles. The lowest BCUT2D eigenvalue weighted by atomic mass is 9.87. The van der Waals surface area contributed by atoms with Crippen molar-refractivity contribution in [3.8, 4) is 0 Å². The van der Waals surface area contributed by atoms with Gasteiger partial charge in [0, 0.05) is 18.4 Å². The second-order valence-corrected chi connectivity index (χ2v) is 6.48. The highest BCUT2D eigenvalue weighted by Crippen LogP contribution is 2.19. The molecule has 0 aliphatic rings. The first-order chi connectivity index (χ1) is 11.4. The van der Waals surface area contributed by atoms with Crippen LogP contribution in [0.4, 0.5) is 0 Å². The third-order valence-corrected chi connectivity index (χ3v) is 3.81. The summed E-state index contributed by atoms with van der Waals surface area (Å²) in [6.07, 6.45) is 3.66. The maximum Gasteiger partial charge on any atom is 0.249 e. The van der Waals surface area contributed by atoms with Gasteiger partial charge in [0.1, 0.15) is 6.10 Å². The average molecular weight is 333 g/mol. The summed E-state index contributed by atoms with van der Waals surface area (Å²) < 4.78 is 0. The molecular weight excluding hydrogens is 306 g/mol. The summed E-state index contributed by atoms with van der Waals surface area (Å²) in [5.41, 5.74) is 0.250. The number of benzene rings is 1. The molecule has 1 aromatic rings. The number of carbonyl (C=O) groups is 2. The molecule has 0 heterocycles. The SMILES string of the molecule is CC(C)(CO)[C@@H](O)C(=O)NCC/C=C/C(=O)CCc1ccccc1. The van der Waals surface area contributed by atoms with E-state index in [0.717, 1.165) is 5.56 Å². The number of aliphatic hydroxyl groups is 2.